The highest BCUT2D eigenvalue weighted by Crippen LogP contribution is 2.36. The van der Waals surface area contributed by atoms with E-state index in [0.717, 1.165) is 11.3 Å². The minimum Gasteiger partial charge on any atom is -0.454 e. The zero-order valence-corrected chi connectivity index (χ0v) is 16.6. The molecule has 1 aliphatic rings. The lowest BCUT2D eigenvalue weighted by Crippen LogP contribution is -2.36. The highest BCUT2D eigenvalue weighted by molar-refractivity contribution is 6.00. The number of benzene rings is 2. The van der Waals surface area contributed by atoms with Gasteiger partial charge in [-0.05, 0) is 29.8 Å². The molecular weight excluding hydrogens is 384 g/mol. The minimum absolute atomic E-state index is 0.220. The number of carbonyl (C=O) groups excluding carboxylic acids is 1. The monoisotopic (exact) mass is 404 g/mol. The number of nitrogens with one attached hydrogen (secondary N) is 2. The first-order chi connectivity index (χ1) is 14.4. The molecule has 5 rings (SSSR count). The van der Waals surface area contributed by atoms with Crippen LogP contribution >= 0.6 is 0 Å². The smallest absolute Gasteiger partial charge is 0.259 e. The SMILES string of the molecule is CC(C)(CNC(=O)c1cnn2c1[nH]c(=O)c1ccccc12)c1ccc2c(c1)OCO2. The van der Waals surface area contributed by atoms with E-state index in [-0.39, 0.29) is 23.7 Å². The predicted octanol–water partition coefficient (Wildman–Crippen LogP) is 2.61. The number of carbonyl (C=O) groups is 1. The summed E-state index contributed by atoms with van der Waals surface area (Å²) < 4.78 is 12.4. The maximum atomic E-state index is 12.9. The molecule has 0 spiro atoms. The van der Waals surface area contributed by atoms with Crippen molar-refractivity contribution < 1.29 is 14.3 Å². The first-order valence-corrected chi connectivity index (χ1v) is 9.61. The number of amides is 1. The second-order valence-corrected chi connectivity index (χ2v) is 7.92. The van der Waals surface area contributed by atoms with Gasteiger partial charge in [-0.1, -0.05) is 32.0 Å². The normalized spacial score (nSPS) is 13.1. The number of H-pyrrole nitrogens is 1. The number of nitrogens with zero attached hydrogens (tertiary/aromatic N) is 2. The highest BCUT2D eigenvalue weighted by atomic mass is 16.7. The molecule has 8 heteroatoms. The number of fused-ring (bicyclic) bond motifs is 4. The summed E-state index contributed by atoms with van der Waals surface area (Å²) in [6.07, 6.45) is 1.47. The van der Waals surface area contributed by atoms with E-state index in [1.807, 2.05) is 38.1 Å². The summed E-state index contributed by atoms with van der Waals surface area (Å²) in [6, 6.07) is 12.9. The quantitative estimate of drug-likeness (QED) is 0.545. The molecule has 0 aliphatic carbocycles. The summed E-state index contributed by atoms with van der Waals surface area (Å²) in [5.41, 5.74) is 1.76. The van der Waals surface area contributed by atoms with Gasteiger partial charge >= 0.3 is 0 Å². The molecule has 1 aliphatic heterocycles. The van der Waals surface area contributed by atoms with Gasteiger partial charge in [0.25, 0.3) is 11.5 Å². The van der Waals surface area contributed by atoms with Crippen LogP contribution in [0.4, 0.5) is 0 Å². The molecule has 8 nitrogen and oxygen atoms in total. The Morgan fingerprint density at radius 2 is 2.00 bits per heavy atom. The van der Waals surface area contributed by atoms with Crippen LogP contribution in [-0.4, -0.2) is 33.8 Å². The van der Waals surface area contributed by atoms with Gasteiger partial charge in [-0.15, -0.1) is 0 Å². The Bertz CT molecular complexity index is 1350. The van der Waals surface area contributed by atoms with Gasteiger partial charge in [-0.2, -0.15) is 5.10 Å². The van der Waals surface area contributed by atoms with Gasteiger partial charge in [-0.3, -0.25) is 9.59 Å². The van der Waals surface area contributed by atoms with Crippen molar-refractivity contribution in [3.05, 3.63) is 70.1 Å². The zero-order valence-electron chi connectivity index (χ0n) is 16.6. The summed E-state index contributed by atoms with van der Waals surface area (Å²) in [6.45, 7) is 4.69. The molecule has 0 unspecified atom stereocenters. The third-order valence-electron chi connectivity index (χ3n) is 5.47. The second kappa shape index (κ2) is 6.62. The van der Waals surface area contributed by atoms with E-state index < -0.39 is 0 Å². The number of para-hydroxylation sites is 1. The first-order valence-electron chi connectivity index (χ1n) is 9.61. The Kier molecular flexibility index (Phi) is 4.02. The van der Waals surface area contributed by atoms with Gasteiger partial charge in [-0.25, -0.2) is 4.52 Å². The Hall–Kier alpha value is -3.81. The van der Waals surface area contributed by atoms with Gasteiger partial charge < -0.3 is 19.8 Å². The van der Waals surface area contributed by atoms with Gasteiger partial charge in [0.2, 0.25) is 6.79 Å². The van der Waals surface area contributed by atoms with E-state index >= 15 is 0 Å². The summed E-state index contributed by atoms with van der Waals surface area (Å²) in [4.78, 5) is 28.1. The molecule has 0 saturated heterocycles. The van der Waals surface area contributed by atoms with Crippen LogP contribution in [0.25, 0.3) is 16.6 Å². The maximum Gasteiger partial charge on any atom is 0.259 e. The summed E-state index contributed by atoms with van der Waals surface area (Å²) in [5.74, 6) is 1.13. The van der Waals surface area contributed by atoms with Gasteiger partial charge in [0, 0.05) is 12.0 Å². The minimum atomic E-state index is -0.348. The highest BCUT2D eigenvalue weighted by Gasteiger charge is 2.26. The first kappa shape index (κ1) is 18.2. The van der Waals surface area contributed by atoms with Crippen LogP contribution in [0.2, 0.25) is 0 Å². The molecule has 2 aromatic carbocycles. The van der Waals surface area contributed by atoms with Crippen LogP contribution in [0.15, 0.2) is 53.5 Å². The van der Waals surface area contributed by atoms with Crippen LogP contribution < -0.4 is 20.3 Å². The van der Waals surface area contributed by atoms with E-state index in [9.17, 15) is 9.59 Å². The molecule has 2 aromatic heterocycles. The topological polar surface area (TPSA) is 97.7 Å². The van der Waals surface area contributed by atoms with Crippen molar-refractivity contribution in [3.8, 4) is 11.5 Å². The van der Waals surface area contributed by atoms with Crippen molar-refractivity contribution in [1.29, 1.82) is 0 Å². The van der Waals surface area contributed by atoms with E-state index in [1.54, 1.807) is 22.7 Å². The lowest BCUT2D eigenvalue weighted by molar-refractivity contribution is 0.0947. The number of hydrogen-bond acceptors (Lipinski definition) is 5. The lowest BCUT2D eigenvalue weighted by Gasteiger charge is -2.25. The molecule has 0 saturated carbocycles. The number of rotatable bonds is 4. The van der Waals surface area contributed by atoms with Crippen LogP contribution in [0.5, 0.6) is 11.5 Å². The largest absolute Gasteiger partial charge is 0.454 e. The molecule has 3 heterocycles. The number of ether oxygens (including phenoxy) is 2. The number of aromatic nitrogens is 3. The van der Waals surface area contributed by atoms with E-state index in [2.05, 4.69) is 15.4 Å². The zero-order chi connectivity index (χ0) is 20.9. The predicted molar refractivity (Wildman–Crippen MR) is 111 cm³/mol. The molecule has 0 atom stereocenters. The van der Waals surface area contributed by atoms with E-state index in [4.69, 9.17) is 9.47 Å². The Morgan fingerprint density at radius 1 is 1.20 bits per heavy atom. The van der Waals surface area contributed by atoms with Crippen molar-refractivity contribution in [2.45, 2.75) is 19.3 Å². The molecule has 0 fully saturated rings. The fourth-order valence-electron chi connectivity index (χ4n) is 3.66. The number of hydrogen-bond donors (Lipinski definition) is 2. The molecule has 2 N–H and O–H groups in total. The van der Waals surface area contributed by atoms with E-state index in [0.29, 0.717) is 34.4 Å². The Morgan fingerprint density at radius 3 is 2.87 bits per heavy atom. The third kappa shape index (κ3) is 2.88. The van der Waals surface area contributed by atoms with Gasteiger partial charge in [0.05, 0.1) is 17.1 Å². The molecule has 30 heavy (non-hydrogen) atoms. The summed E-state index contributed by atoms with van der Waals surface area (Å²) >= 11 is 0. The number of aromatic amines is 1. The van der Waals surface area contributed by atoms with Crippen molar-refractivity contribution >= 4 is 22.5 Å². The summed E-state index contributed by atoms with van der Waals surface area (Å²) in [5, 5.41) is 7.79. The molecule has 4 aromatic rings. The molecular formula is C22H20N4O4. The van der Waals surface area contributed by atoms with Crippen molar-refractivity contribution in [2.24, 2.45) is 0 Å². The van der Waals surface area contributed by atoms with Crippen molar-refractivity contribution in [2.75, 3.05) is 13.3 Å². The fraction of sp³-hybridized carbons (Fsp3) is 0.227. The van der Waals surface area contributed by atoms with Gasteiger partial charge in [0.1, 0.15) is 11.2 Å². The van der Waals surface area contributed by atoms with Gasteiger partial charge in [0.15, 0.2) is 11.5 Å². The Labute approximate surface area is 171 Å². The average Bonchev–Trinajstić information content (AvgIpc) is 3.38. The van der Waals surface area contributed by atoms with Crippen LogP contribution in [0.1, 0.15) is 29.8 Å². The van der Waals surface area contributed by atoms with Crippen LogP contribution in [0.3, 0.4) is 0 Å². The average molecular weight is 404 g/mol. The molecule has 152 valence electrons. The van der Waals surface area contributed by atoms with Crippen LogP contribution in [0, 0.1) is 0 Å². The molecule has 0 bridgehead atoms. The second-order valence-electron chi connectivity index (χ2n) is 7.92. The van der Waals surface area contributed by atoms with Crippen molar-refractivity contribution in [3.63, 3.8) is 0 Å². The maximum absolute atomic E-state index is 12.9. The molecule has 0 radical (unpaired) electrons. The molecule has 1 amide bonds. The van der Waals surface area contributed by atoms with Crippen molar-refractivity contribution in [1.82, 2.24) is 19.9 Å². The summed E-state index contributed by atoms with van der Waals surface area (Å²) in [7, 11) is 0. The fourth-order valence-corrected chi connectivity index (χ4v) is 3.66. The third-order valence-corrected chi connectivity index (χ3v) is 5.47. The standard InChI is InChI=1S/C22H20N4O4/c1-22(2,13-7-8-17-18(9-13)30-12-29-17)11-23-20(27)15-10-24-26-16-6-4-3-5-14(16)21(28)25-19(15)26/h3-10H,11-12H2,1-2H3,(H,23,27)(H,25,28). The van der Waals surface area contributed by atoms with E-state index in [1.165, 1.54) is 6.20 Å². The van der Waals surface area contributed by atoms with Crippen LogP contribution in [-0.2, 0) is 5.41 Å². The Balaban J connectivity index is 1.41. The lowest BCUT2D eigenvalue weighted by atomic mass is 9.84.